The van der Waals surface area contributed by atoms with Crippen LogP contribution in [0.3, 0.4) is 0 Å². The maximum Gasteiger partial charge on any atom is 0.254 e. The Morgan fingerprint density at radius 1 is 1.17 bits per heavy atom. The molecule has 2 amide bonds. The highest BCUT2D eigenvalue weighted by Crippen LogP contribution is 2.17. The van der Waals surface area contributed by atoms with Crippen molar-refractivity contribution in [2.24, 2.45) is 0 Å². The summed E-state index contributed by atoms with van der Waals surface area (Å²) in [7, 11) is -0.648. The quantitative estimate of drug-likeness (QED) is 0.606. The first-order valence-corrected chi connectivity index (χ1v) is 10.1. The van der Waals surface area contributed by atoms with Gasteiger partial charge in [-0.25, -0.2) is 13.1 Å². The molecule has 0 heterocycles. The second kappa shape index (κ2) is 9.85. The molecule has 0 aliphatic rings. The molecule has 0 atom stereocenters. The summed E-state index contributed by atoms with van der Waals surface area (Å²) in [6, 6.07) is 12.3. The molecule has 2 aromatic rings. The number of nitrogens with one attached hydrogen (secondary N) is 2. The van der Waals surface area contributed by atoms with Crippen molar-refractivity contribution in [2.45, 2.75) is 4.90 Å². The summed E-state index contributed by atoms with van der Waals surface area (Å²) >= 11 is 0. The second-order valence-electron chi connectivity index (χ2n) is 6.11. The van der Waals surface area contributed by atoms with E-state index in [9.17, 15) is 18.0 Å². The monoisotopic (exact) mass is 417 g/mol. The van der Waals surface area contributed by atoms with Gasteiger partial charge in [0, 0.05) is 30.9 Å². The number of benzene rings is 2. The minimum absolute atomic E-state index is 0.0364. The van der Waals surface area contributed by atoms with Crippen molar-refractivity contribution in [3.63, 3.8) is 0 Å². The molecular formula is C20H23N3O5S. The van der Waals surface area contributed by atoms with Gasteiger partial charge in [0.2, 0.25) is 15.9 Å². The van der Waals surface area contributed by atoms with Crippen molar-refractivity contribution in [1.29, 1.82) is 0 Å². The van der Waals surface area contributed by atoms with E-state index in [2.05, 4.69) is 16.6 Å². The van der Waals surface area contributed by atoms with E-state index < -0.39 is 15.9 Å². The summed E-state index contributed by atoms with van der Waals surface area (Å²) in [5.41, 5.74) is 0.820. The van der Waals surface area contributed by atoms with Crippen LogP contribution < -0.4 is 14.8 Å². The van der Waals surface area contributed by atoms with Crippen LogP contribution >= 0.6 is 0 Å². The van der Waals surface area contributed by atoms with Crippen LogP contribution in [-0.2, 0) is 14.8 Å². The van der Waals surface area contributed by atoms with Crippen LogP contribution in [0.15, 0.2) is 66.1 Å². The number of sulfonamides is 1. The zero-order valence-corrected chi connectivity index (χ0v) is 17.0. The van der Waals surface area contributed by atoms with Crippen molar-refractivity contribution in [2.75, 3.05) is 32.6 Å². The Bertz CT molecular complexity index is 987. The Kier molecular flexibility index (Phi) is 7.52. The van der Waals surface area contributed by atoms with Gasteiger partial charge in [-0.05, 0) is 36.4 Å². The zero-order chi connectivity index (χ0) is 21.4. The van der Waals surface area contributed by atoms with Gasteiger partial charge < -0.3 is 15.0 Å². The van der Waals surface area contributed by atoms with E-state index in [-0.39, 0.29) is 29.5 Å². The minimum atomic E-state index is -3.67. The predicted octanol–water partition coefficient (Wildman–Crippen LogP) is 1.87. The Hall–Kier alpha value is -3.17. The van der Waals surface area contributed by atoms with E-state index in [1.54, 1.807) is 24.3 Å². The first-order valence-electron chi connectivity index (χ1n) is 8.67. The van der Waals surface area contributed by atoms with Gasteiger partial charge in [-0.1, -0.05) is 12.1 Å². The molecule has 0 radical (unpaired) electrons. The van der Waals surface area contributed by atoms with Gasteiger partial charge in [0.15, 0.2) is 0 Å². The number of likely N-dealkylation sites (N-methyl/N-ethyl adjacent to an activating group) is 1. The van der Waals surface area contributed by atoms with Gasteiger partial charge in [0.1, 0.15) is 5.75 Å². The molecule has 29 heavy (non-hydrogen) atoms. The van der Waals surface area contributed by atoms with Gasteiger partial charge >= 0.3 is 0 Å². The average Bonchev–Trinajstić information content (AvgIpc) is 2.71. The number of rotatable bonds is 9. The Balaban J connectivity index is 2.00. The van der Waals surface area contributed by atoms with Crippen molar-refractivity contribution >= 4 is 27.5 Å². The van der Waals surface area contributed by atoms with E-state index in [0.717, 1.165) is 0 Å². The number of hydrogen-bond acceptors (Lipinski definition) is 5. The van der Waals surface area contributed by atoms with Gasteiger partial charge in [-0.15, -0.1) is 6.58 Å². The van der Waals surface area contributed by atoms with E-state index in [1.807, 2.05) is 0 Å². The first kappa shape index (κ1) is 22.1. The number of nitrogens with zero attached hydrogens (tertiary/aromatic N) is 1. The van der Waals surface area contributed by atoms with Crippen molar-refractivity contribution in [3.8, 4) is 5.75 Å². The third-order valence-corrected chi connectivity index (χ3v) is 5.35. The van der Waals surface area contributed by atoms with Crippen LogP contribution in [0.1, 0.15) is 10.4 Å². The first-order chi connectivity index (χ1) is 13.8. The molecule has 0 aliphatic heterocycles. The molecule has 154 valence electrons. The van der Waals surface area contributed by atoms with Crippen molar-refractivity contribution in [3.05, 3.63) is 66.7 Å². The summed E-state index contributed by atoms with van der Waals surface area (Å²) < 4.78 is 31.6. The highest BCUT2D eigenvalue weighted by Gasteiger charge is 2.17. The number of methoxy groups -OCH3 is 1. The summed E-state index contributed by atoms with van der Waals surface area (Å²) in [6.07, 6.45) is 1.43. The highest BCUT2D eigenvalue weighted by atomic mass is 32.2. The molecule has 0 bridgehead atoms. The number of ether oxygens (including phenoxy) is 1. The van der Waals surface area contributed by atoms with Crippen LogP contribution in [0.5, 0.6) is 5.75 Å². The lowest BCUT2D eigenvalue weighted by Crippen LogP contribution is -2.35. The average molecular weight is 417 g/mol. The summed E-state index contributed by atoms with van der Waals surface area (Å²) in [5.74, 6) is -0.180. The van der Waals surface area contributed by atoms with Crippen LogP contribution in [0.2, 0.25) is 0 Å². The fourth-order valence-corrected chi connectivity index (χ4v) is 3.44. The standard InChI is InChI=1S/C20H23N3O5S/c1-4-12-21-29(26,27)18-10-8-15(9-11-18)20(25)23(2)14-19(24)22-16-6-5-7-17(13-16)28-3/h4-11,13,21H,1,12,14H2,2-3H3,(H,22,24). The van der Waals surface area contributed by atoms with Crippen molar-refractivity contribution < 1.29 is 22.7 Å². The van der Waals surface area contributed by atoms with E-state index in [4.69, 9.17) is 4.74 Å². The van der Waals surface area contributed by atoms with Crippen molar-refractivity contribution in [1.82, 2.24) is 9.62 Å². The topological polar surface area (TPSA) is 105 Å². The zero-order valence-electron chi connectivity index (χ0n) is 16.2. The van der Waals surface area contributed by atoms with Gasteiger partial charge in [-0.2, -0.15) is 0 Å². The molecule has 0 spiro atoms. The number of carbonyl (C=O) groups is 2. The Morgan fingerprint density at radius 3 is 2.48 bits per heavy atom. The molecular weight excluding hydrogens is 394 g/mol. The summed E-state index contributed by atoms with van der Waals surface area (Å²) in [6.45, 7) is 3.39. The van der Waals surface area contributed by atoms with Crippen LogP contribution in [0.4, 0.5) is 5.69 Å². The Morgan fingerprint density at radius 2 is 1.86 bits per heavy atom. The fourth-order valence-electron chi connectivity index (χ4n) is 2.44. The third-order valence-electron chi connectivity index (χ3n) is 3.91. The van der Waals surface area contributed by atoms with E-state index in [1.165, 1.54) is 49.4 Å². The molecule has 2 N–H and O–H groups in total. The normalized spacial score (nSPS) is 10.8. The SMILES string of the molecule is C=CCNS(=O)(=O)c1ccc(C(=O)N(C)CC(=O)Nc2cccc(OC)c2)cc1. The molecule has 0 saturated carbocycles. The maximum absolute atomic E-state index is 12.5. The number of amides is 2. The van der Waals surface area contributed by atoms with E-state index >= 15 is 0 Å². The molecule has 0 unspecified atom stereocenters. The van der Waals surface area contributed by atoms with Gasteiger partial charge in [0.05, 0.1) is 18.6 Å². The molecule has 0 fully saturated rings. The molecule has 0 aromatic heterocycles. The van der Waals surface area contributed by atoms with Crippen LogP contribution in [0.25, 0.3) is 0 Å². The highest BCUT2D eigenvalue weighted by molar-refractivity contribution is 7.89. The fraction of sp³-hybridized carbons (Fsp3) is 0.200. The van der Waals surface area contributed by atoms with Crippen LogP contribution in [-0.4, -0.2) is 52.4 Å². The minimum Gasteiger partial charge on any atom is -0.497 e. The summed E-state index contributed by atoms with van der Waals surface area (Å²) in [5, 5.41) is 2.69. The number of anilines is 1. The lowest BCUT2D eigenvalue weighted by Gasteiger charge is -2.17. The van der Waals surface area contributed by atoms with Gasteiger partial charge in [0.25, 0.3) is 5.91 Å². The Labute approximate surface area is 170 Å². The molecule has 2 rings (SSSR count). The number of hydrogen-bond donors (Lipinski definition) is 2. The molecule has 2 aromatic carbocycles. The maximum atomic E-state index is 12.5. The van der Waals surface area contributed by atoms with Gasteiger partial charge in [-0.3, -0.25) is 9.59 Å². The third kappa shape index (κ3) is 6.16. The summed E-state index contributed by atoms with van der Waals surface area (Å²) in [4.78, 5) is 26.0. The molecule has 9 heteroatoms. The van der Waals surface area contributed by atoms with E-state index in [0.29, 0.717) is 11.4 Å². The smallest absolute Gasteiger partial charge is 0.254 e. The molecule has 0 aliphatic carbocycles. The van der Waals surface area contributed by atoms with Crippen LogP contribution in [0, 0.1) is 0 Å². The number of carbonyl (C=O) groups excluding carboxylic acids is 2. The molecule has 8 nitrogen and oxygen atoms in total. The lowest BCUT2D eigenvalue weighted by atomic mass is 10.2. The predicted molar refractivity (Wildman–Crippen MR) is 110 cm³/mol. The largest absolute Gasteiger partial charge is 0.497 e. The second-order valence-corrected chi connectivity index (χ2v) is 7.87. The molecule has 0 saturated heterocycles. The lowest BCUT2D eigenvalue weighted by molar-refractivity contribution is -0.116.